The molecule has 0 fully saturated rings. The Morgan fingerprint density at radius 3 is 2.06 bits per heavy atom. The third kappa shape index (κ3) is 4.77. The number of dihydropyridines is 1. The highest BCUT2D eigenvalue weighted by atomic mass is 35.5. The van der Waals surface area contributed by atoms with Crippen LogP contribution in [0.25, 0.3) is 0 Å². The number of halogens is 3. The molecule has 1 heterocycles. The van der Waals surface area contributed by atoms with Crippen LogP contribution in [-0.4, -0.2) is 24.1 Å². The summed E-state index contributed by atoms with van der Waals surface area (Å²) in [5.74, 6) is -0.740. The molecule has 0 radical (unpaired) electrons. The van der Waals surface area contributed by atoms with E-state index in [0.717, 1.165) is 37.1 Å². The van der Waals surface area contributed by atoms with Gasteiger partial charge < -0.3 is 15.4 Å². The van der Waals surface area contributed by atoms with Crippen LogP contribution < -0.4 is 15.4 Å². The van der Waals surface area contributed by atoms with E-state index in [0.29, 0.717) is 40.3 Å². The van der Waals surface area contributed by atoms with Crippen molar-refractivity contribution in [3.05, 3.63) is 79.6 Å². The van der Waals surface area contributed by atoms with Crippen LogP contribution in [0.15, 0.2) is 58.9 Å². The summed E-state index contributed by atoms with van der Waals surface area (Å²) in [7, 11) is 0. The van der Waals surface area contributed by atoms with E-state index in [4.69, 9.17) is 39.5 Å². The molecule has 2 aromatic rings. The maximum Gasteiger partial charge on any atom is 0.262 e. The average molecular weight is 546 g/mol. The second-order valence-electron chi connectivity index (χ2n) is 9.03. The molecule has 2 aromatic carbocycles. The minimum absolute atomic E-state index is 0.0301. The summed E-state index contributed by atoms with van der Waals surface area (Å²) in [5.41, 5.74) is 4.13. The molecule has 2 N–H and O–H groups in total. The Kier molecular flexibility index (Phi) is 7.11. The summed E-state index contributed by atoms with van der Waals surface area (Å²) in [6, 6.07) is 10.2. The monoisotopic (exact) mass is 544 g/mol. The Hall–Kier alpha value is -2.80. The fourth-order valence-corrected chi connectivity index (χ4v) is 5.88. The molecule has 0 saturated carbocycles. The zero-order chi connectivity index (χ0) is 25.4. The molecule has 5 rings (SSSR count). The number of amides is 1. The van der Waals surface area contributed by atoms with Crippen LogP contribution in [0.5, 0.6) is 5.75 Å². The number of nitrogens with one attached hydrogen (secondary N) is 2. The standard InChI is InChI=1S/C27H23Cl3N2O4/c28-15-5-1-2-6-18(15)32-23(35)13-36-27-16(29)11-14(12-17(27)30)24-25-19(7-3-9-21(25)33)31-20-8-4-10-22(34)26(20)24/h1-2,5-6,11-12,24,31H,3-4,7-10,13H2,(H,32,35). The second-order valence-corrected chi connectivity index (χ2v) is 10.2. The summed E-state index contributed by atoms with van der Waals surface area (Å²) in [6.45, 7) is -0.334. The van der Waals surface area contributed by atoms with E-state index in [2.05, 4.69) is 10.6 Å². The SMILES string of the molecule is O=C(COc1c(Cl)cc(C2C3=C(CCCC3=O)NC3=C2C(=O)CCC3)cc1Cl)Nc1ccccc1Cl. The average Bonchev–Trinajstić information content (AvgIpc) is 2.84. The fourth-order valence-electron chi connectivity index (χ4n) is 5.09. The van der Waals surface area contributed by atoms with E-state index in [-0.39, 0.29) is 34.0 Å². The molecule has 6 nitrogen and oxygen atoms in total. The summed E-state index contributed by atoms with van der Waals surface area (Å²) >= 11 is 19.2. The highest BCUT2D eigenvalue weighted by Gasteiger charge is 2.40. The first kappa shape index (κ1) is 24.9. The number of anilines is 1. The number of Topliss-reactive ketones (excluding diaryl/α,β-unsaturated/α-hetero) is 2. The molecule has 0 aromatic heterocycles. The van der Waals surface area contributed by atoms with Gasteiger partial charge in [-0.05, 0) is 55.5 Å². The number of para-hydroxylation sites is 1. The van der Waals surface area contributed by atoms with E-state index in [1.165, 1.54) is 0 Å². The van der Waals surface area contributed by atoms with Crippen molar-refractivity contribution < 1.29 is 19.1 Å². The summed E-state index contributed by atoms with van der Waals surface area (Å²) in [5, 5.41) is 6.86. The molecular weight excluding hydrogens is 523 g/mol. The molecule has 186 valence electrons. The zero-order valence-corrected chi connectivity index (χ0v) is 21.5. The van der Waals surface area contributed by atoms with Gasteiger partial charge in [0.2, 0.25) is 0 Å². The molecule has 1 amide bonds. The van der Waals surface area contributed by atoms with Gasteiger partial charge in [0.1, 0.15) is 0 Å². The number of allylic oxidation sites excluding steroid dienone is 4. The van der Waals surface area contributed by atoms with Crippen LogP contribution in [0.2, 0.25) is 15.1 Å². The topological polar surface area (TPSA) is 84.5 Å². The number of hydrogen-bond acceptors (Lipinski definition) is 5. The largest absolute Gasteiger partial charge is 0.481 e. The molecule has 0 bridgehead atoms. The first-order valence-electron chi connectivity index (χ1n) is 11.8. The molecule has 0 spiro atoms. The number of carbonyl (C=O) groups is 3. The first-order chi connectivity index (χ1) is 17.3. The van der Waals surface area contributed by atoms with E-state index >= 15 is 0 Å². The van der Waals surface area contributed by atoms with Crippen LogP contribution in [0.4, 0.5) is 5.69 Å². The van der Waals surface area contributed by atoms with Gasteiger partial charge in [-0.2, -0.15) is 0 Å². The number of hydrogen-bond donors (Lipinski definition) is 2. The smallest absolute Gasteiger partial charge is 0.262 e. The second kappa shape index (κ2) is 10.3. The minimum Gasteiger partial charge on any atom is -0.481 e. The Balaban J connectivity index is 1.43. The van der Waals surface area contributed by atoms with Crippen LogP contribution in [0.1, 0.15) is 50.0 Å². The molecule has 0 unspecified atom stereocenters. The van der Waals surface area contributed by atoms with Gasteiger partial charge in [0.05, 0.1) is 20.8 Å². The number of ketones is 2. The number of rotatable bonds is 5. The van der Waals surface area contributed by atoms with Gasteiger partial charge in [-0.25, -0.2) is 0 Å². The van der Waals surface area contributed by atoms with Gasteiger partial charge in [0.25, 0.3) is 5.91 Å². The van der Waals surface area contributed by atoms with Crippen molar-refractivity contribution in [3.63, 3.8) is 0 Å². The van der Waals surface area contributed by atoms with E-state index in [9.17, 15) is 14.4 Å². The number of carbonyl (C=O) groups excluding carboxylic acids is 3. The van der Waals surface area contributed by atoms with Crippen molar-refractivity contribution in [3.8, 4) is 5.75 Å². The van der Waals surface area contributed by atoms with E-state index < -0.39 is 11.8 Å². The van der Waals surface area contributed by atoms with Gasteiger partial charge >= 0.3 is 0 Å². The van der Waals surface area contributed by atoms with Crippen molar-refractivity contribution in [2.24, 2.45) is 0 Å². The first-order valence-corrected chi connectivity index (χ1v) is 12.9. The minimum atomic E-state index is -0.524. The third-order valence-corrected chi connectivity index (χ3v) is 7.53. The quantitative estimate of drug-likeness (QED) is 0.456. The predicted molar refractivity (Wildman–Crippen MR) is 140 cm³/mol. The summed E-state index contributed by atoms with van der Waals surface area (Å²) in [6.07, 6.45) is 3.95. The molecule has 9 heteroatoms. The van der Waals surface area contributed by atoms with Crippen molar-refractivity contribution in [1.29, 1.82) is 0 Å². The molecule has 0 atom stereocenters. The predicted octanol–water partition coefficient (Wildman–Crippen LogP) is 6.37. The van der Waals surface area contributed by atoms with Crippen molar-refractivity contribution in [2.45, 2.75) is 44.4 Å². The Bertz CT molecular complexity index is 1280. The molecule has 1 aliphatic heterocycles. The maximum absolute atomic E-state index is 13.0. The van der Waals surface area contributed by atoms with E-state index in [1.807, 2.05) is 0 Å². The summed E-state index contributed by atoms with van der Waals surface area (Å²) in [4.78, 5) is 38.4. The highest BCUT2D eigenvalue weighted by Crippen LogP contribution is 2.47. The molecule has 0 saturated heterocycles. The maximum atomic E-state index is 13.0. The zero-order valence-electron chi connectivity index (χ0n) is 19.3. The number of ether oxygens (including phenoxy) is 1. The Labute approximate surface area is 223 Å². The molecule has 36 heavy (non-hydrogen) atoms. The van der Waals surface area contributed by atoms with Crippen LogP contribution in [-0.2, 0) is 14.4 Å². The van der Waals surface area contributed by atoms with Crippen molar-refractivity contribution in [1.82, 2.24) is 5.32 Å². The van der Waals surface area contributed by atoms with Gasteiger partial charge in [0.15, 0.2) is 23.9 Å². The van der Waals surface area contributed by atoms with Gasteiger partial charge in [-0.1, -0.05) is 46.9 Å². The van der Waals surface area contributed by atoms with Crippen molar-refractivity contribution >= 4 is 58.0 Å². The van der Waals surface area contributed by atoms with E-state index in [1.54, 1.807) is 36.4 Å². The highest BCUT2D eigenvalue weighted by molar-refractivity contribution is 6.37. The third-order valence-electron chi connectivity index (χ3n) is 6.64. The lowest BCUT2D eigenvalue weighted by Crippen LogP contribution is -2.36. The summed E-state index contributed by atoms with van der Waals surface area (Å²) < 4.78 is 5.65. The van der Waals surface area contributed by atoms with Crippen molar-refractivity contribution in [2.75, 3.05) is 11.9 Å². The molecule has 2 aliphatic carbocycles. The van der Waals surface area contributed by atoms with Crippen LogP contribution in [0, 0.1) is 0 Å². The van der Waals surface area contributed by atoms with Gasteiger partial charge in [-0.15, -0.1) is 0 Å². The lowest BCUT2D eigenvalue weighted by molar-refractivity contribution is -0.118. The lowest BCUT2D eigenvalue weighted by atomic mass is 9.71. The lowest BCUT2D eigenvalue weighted by Gasteiger charge is -2.37. The molecule has 3 aliphatic rings. The Morgan fingerprint density at radius 2 is 1.47 bits per heavy atom. The van der Waals surface area contributed by atoms with Gasteiger partial charge in [0, 0.05) is 41.3 Å². The van der Waals surface area contributed by atoms with Gasteiger partial charge in [-0.3, -0.25) is 14.4 Å². The fraction of sp³-hybridized carbons (Fsp3) is 0.296. The van der Waals surface area contributed by atoms with Crippen LogP contribution >= 0.6 is 34.8 Å². The normalized spacial score (nSPS) is 18.0. The number of benzene rings is 2. The Morgan fingerprint density at radius 1 is 0.889 bits per heavy atom. The molecular formula is C27H23Cl3N2O4. The van der Waals surface area contributed by atoms with Crippen LogP contribution in [0.3, 0.4) is 0 Å².